The number of aromatic nitrogens is 2. The van der Waals surface area contributed by atoms with Gasteiger partial charge in [-0.25, -0.2) is 9.97 Å². The molecule has 1 aromatic heterocycles. The molecule has 1 aliphatic rings. The Hall–Kier alpha value is -1.82. The predicted molar refractivity (Wildman–Crippen MR) is 85.6 cm³/mol. The first-order valence-electron chi connectivity index (χ1n) is 7.19. The molecule has 0 spiro atoms. The van der Waals surface area contributed by atoms with Crippen molar-refractivity contribution >= 4 is 34.4 Å². The van der Waals surface area contributed by atoms with Gasteiger partial charge in [-0.2, -0.15) is 0 Å². The molecule has 0 radical (unpaired) electrons. The molecule has 0 aliphatic heterocycles. The van der Waals surface area contributed by atoms with Gasteiger partial charge in [-0.05, 0) is 31.9 Å². The highest BCUT2D eigenvalue weighted by Crippen LogP contribution is 2.24. The lowest BCUT2D eigenvalue weighted by Gasteiger charge is -2.09. The number of para-hydroxylation sites is 1. The van der Waals surface area contributed by atoms with E-state index in [9.17, 15) is 4.79 Å². The third-order valence-electron chi connectivity index (χ3n) is 3.20. The Kier molecular flexibility index (Phi) is 4.24. The van der Waals surface area contributed by atoms with E-state index in [0.29, 0.717) is 17.0 Å². The summed E-state index contributed by atoms with van der Waals surface area (Å²) in [6.45, 7) is 2.83. The van der Waals surface area contributed by atoms with Crippen LogP contribution in [0.5, 0.6) is 0 Å². The molecule has 0 bridgehead atoms. The molecule has 1 heterocycles. The largest absolute Gasteiger partial charge is 0.370 e. The summed E-state index contributed by atoms with van der Waals surface area (Å²) in [7, 11) is 0. The molecule has 110 valence electrons. The summed E-state index contributed by atoms with van der Waals surface area (Å²) >= 11 is 1.38. The molecule has 1 aliphatic carbocycles. The van der Waals surface area contributed by atoms with Crippen molar-refractivity contribution in [1.82, 2.24) is 15.3 Å². The van der Waals surface area contributed by atoms with Crippen LogP contribution in [0.25, 0.3) is 10.9 Å². The molecule has 5 nitrogen and oxygen atoms in total. The topological polar surface area (TPSA) is 66.9 Å². The lowest BCUT2D eigenvalue weighted by molar-refractivity contribution is -0.118. The molecule has 2 aromatic rings. The summed E-state index contributed by atoms with van der Waals surface area (Å²) < 4.78 is 0. The first kappa shape index (κ1) is 14.1. The second-order valence-electron chi connectivity index (χ2n) is 5.03. The molecule has 6 heteroatoms. The maximum Gasteiger partial charge on any atom is 0.230 e. The van der Waals surface area contributed by atoms with Crippen molar-refractivity contribution in [2.75, 3.05) is 17.6 Å². The smallest absolute Gasteiger partial charge is 0.230 e. The van der Waals surface area contributed by atoms with Gasteiger partial charge in [0, 0.05) is 18.0 Å². The second kappa shape index (κ2) is 6.30. The summed E-state index contributed by atoms with van der Waals surface area (Å²) in [5.41, 5.74) is 0.897. The number of nitrogens with one attached hydrogen (secondary N) is 2. The lowest BCUT2D eigenvalue weighted by atomic mass is 10.2. The summed E-state index contributed by atoms with van der Waals surface area (Å²) in [5.74, 6) is 1.25. The highest BCUT2D eigenvalue weighted by Gasteiger charge is 2.23. The van der Waals surface area contributed by atoms with Crippen molar-refractivity contribution in [2.45, 2.75) is 31.0 Å². The molecule has 1 amide bonds. The number of anilines is 1. The van der Waals surface area contributed by atoms with E-state index >= 15 is 0 Å². The predicted octanol–water partition coefficient (Wildman–Crippen LogP) is 2.43. The van der Waals surface area contributed by atoms with E-state index in [1.165, 1.54) is 11.8 Å². The van der Waals surface area contributed by atoms with Crippen molar-refractivity contribution in [3.8, 4) is 0 Å². The fraction of sp³-hybridized carbons (Fsp3) is 0.400. The van der Waals surface area contributed by atoms with Crippen LogP contribution in [-0.4, -0.2) is 34.2 Å². The van der Waals surface area contributed by atoms with Crippen molar-refractivity contribution in [1.29, 1.82) is 0 Å². The first-order chi connectivity index (χ1) is 10.3. The van der Waals surface area contributed by atoms with E-state index in [1.807, 2.05) is 31.2 Å². The molecule has 1 aromatic carbocycles. The fourth-order valence-corrected chi connectivity index (χ4v) is 2.71. The molecule has 1 fully saturated rings. The van der Waals surface area contributed by atoms with Crippen LogP contribution in [0.15, 0.2) is 29.4 Å². The van der Waals surface area contributed by atoms with Crippen molar-refractivity contribution in [2.24, 2.45) is 0 Å². The maximum absolute atomic E-state index is 11.7. The van der Waals surface area contributed by atoms with Gasteiger partial charge in [-0.15, -0.1) is 0 Å². The number of amides is 1. The molecule has 0 unspecified atom stereocenters. The molecule has 3 rings (SSSR count). The zero-order valence-corrected chi connectivity index (χ0v) is 12.7. The Bertz CT molecular complexity index is 657. The summed E-state index contributed by atoms with van der Waals surface area (Å²) in [6.07, 6.45) is 2.21. The summed E-state index contributed by atoms with van der Waals surface area (Å²) in [6, 6.07) is 8.29. The molecular formula is C15H18N4OS. The molecule has 2 N–H and O–H groups in total. The minimum atomic E-state index is 0.0595. The van der Waals surface area contributed by atoms with Crippen LogP contribution >= 0.6 is 11.8 Å². The highest BCUT2D eigenvalue weighted by atomic mass is 32.2. The van der Waals surface area contributed by atoms with Gasteiger partial charge >= 0.3 is 0 Å². The van der Waals surface area contributed by atoms with Crippen molar-refractivity contribution in [3.05, 3.63) is 24.3 Å². The third-order valence-corrected chi connectivity index (χ3v) is 4.05. The number of fused-ring (bicyclic) bond motifs is 1. The van der Waals surface area contributed by atoms with Gasteiger partial charge in [0.25, 0.3) is 0 Å². The molecular weight excluding hydrogens is 284 g/mol. The van der Waals surface area contributed by atoms with Gasteiger partial charge < -0.3 is 10.6 Å². The number of carbonyl (C=O) groups excluding carboxylic acids is 1. The van der Waals surface area contributed by atoms with E-state index in [4.69, 9.17) is 0 Å². The number of thioether (sulfide) groups is 1. The molecule has 0 saturated heterocycles. The highest BCUT2D eigenvalue weighted by molar-refractivity contribution is 7.99. The number of hydrogen-bond acceptors (Lipinski definition) is 5. The van der Waals surface area contributed by atoms with Crippen LogP contribution < -0.4 is 10.6 Å². The Balaban J connectivity index is 1.76. The summed E-state index contributed by atoms with van der Waals surface area (Å²) in [4.78, 5) is 20.8. The van der Waals surface area contributed by atoms with Crippen LogP contribution in [0, 0.1) is 0 Å². The van der Waals surface area contributed by atoms with Crippen molar-refractivity contribution < 1.29 is 4.79 Å². The van der Waals surface area contributed by atoms with Crippen LogP contribution in [-0.2, 0) is 4.79 Å². The van der Waals surface area contributed by atoms with Crippen LogP contribution in [0.3, 0.4) is 0 Å². The SMILES string of the molecule is CCNc1nc(SCC(=O)NC2CC2)nc2ccccc12. The molecule has 1 saturated carbocycles. The van der Waals surface area contributed by atoms with Gasteiger partial charge in [0.15, 0.2) is 5.16 Å². The average Bonchev–Trinajstić information content (AvgIpc) is 3.29. The number of carbonyl (C=O) groups is 1. The number of rotatable bonds is 6. The zero-order valence-electron chi connectivity index (χ0n) is 11.9. The number of nitrogens with zero attached hydrogens (tertiary/aromatic N) is 2. The van der Waals surface area contributed by atoms with Crippen LogP contribution in [0.4, 0.5) is 5.82 Å². The Morgan fingerprint density at radius 3 is 2.90 bits per heavy atom. The van der Waals surface area contributed by atoms with Gasteiger partial charge in [0.2, 0.25) is 5.91 Å². The third kappa shape index (κ3) is 3.64. The number of benzene rings is 1. The van der Waals surface area contributed by atoms with E-state index in [-0.39, 0.29) is 5.91 Å². The Morgan fingerprint density at radius 2 is 2.14 bits per heavy atom. The first-order valence-corrected chi connectivity index (χ1v) is 8.17. The standard InChI is InChI=1S/C15H18N4OS/c1-2-16-14-11-5-3-4-6-12(11)18-15(19-14)21-9-13(20)17-10-7-8-10/h3-6,10H,2,7-9H2,1H3,(H,17,20)(H,16,18,19). The van der Waals surface area contributed by atoms with E-state index in [0.717, 1.165) is 36.1 Å². The summed E-state index contributed by atoms with van der Waals surface area (Å²) in [5, 5.41) is 7.87. The van der Waals surface area contributed by atoms with Crippen LogP contribution in [0.2, 0.25) is 0 Å². The van der Waals surface area contributed by atoms with E-state index in [1.54, 1.807) is 0 Å². The fourth-order valence-electron chi connectivity index (χ4n) is 2.05. The molecule has 21 heavy (non-hydrogen) atoms. The minimum Gasteiger partial charge on any atom is -0.370 e. The monoisotopic (exact) mass is 302 g/mol. The normalized spacial score (nSPS) is 14.1. The Labute approximate surface area is 127 Å². The minimum absolute atomic E-state index is 0.0595. The van der Waals surface area contributed by atoms with E-state index in [2.05, 4.69) is 20.6 Å². The average molecular weight is 302 g/mol. The second-order valence-corrected chi connectivity index (χ2v) is 5.98. The maximum atomic E-state index is 11.7. The van der Waals surface area contributed by atoms with Crippen LogP contribution in [0.1, 0.15) is 19.8 Å². The van der Waals surface area contributed by atoms with Gasteiger partial charge in [0.1, 0.15) is 5.82 Å². The van der Waals surface area contributed by atoms with Crippen molar-refractivity contribution in [3.63, 3.8) is 0 Å². The zero-order chi connectivity index (χ0) is 14.7. The van der Waals surface area contributed by atoms with Gasteiger partial charge in [-0.1, -0.05) is 23.9 Å². The number of hydrogen-bond donors (Lipinski definition) is 2. The molecule has 0 atom stereocenters. The van der Waals surface area contributed by atoms with Gasteiger partial charge in [0.05, 0.1) is 11.3 Å². The Morgan fingerprint density at radius 1 is 1.33 bits per heavy atom. The van der Waals surface area contributed by atoms with Gasteiger partial charge in [-0.3, -0.25) is 4.79 Å². The lowest BCUT2D eigenvalue weighted by Crippen LogP contribution is -2.27. The quantitative estimate of drug-likeness (QED) is 0.634. The van der Waals surface area contributed by atoms with E-state index < -0.39 is 0 Å².